The lowest BCUT2D eigenvalue weighted by Crippen LogP contribution is -2.41. The van der Waals surface area contributed by atoms with E-state index in [1.165, 1.54) is 18.2 Å². The molecule has 0 amide bonds. The van der Waals surface area contributed by atoms with Gasteiger partial charge < -0.3 is 5.32 Å². The van der Waals surface area contributed by atoms with Gasteiger partial charge in [-0.05, 0) is 43.6 Å². The van der Waals surface area contributed by atoms with Crippen LogP contribution in [0.15, 0.2) is 18.2 Å². The first-order chi connectivity index (χ1) is 9.06. The normalized spacial score (nSPS) is 21.6. The lowest BCUT2D eigenvalue weighted by Gasteiger charge is -2.26. The molecule has 0 radical (unpaired) electrons. The molecule has 0 saturated carbocycles. The van der Waals surface area contributed by atoms with Crippen LogP contribution in [0, 0.1) is 17.6 Å². The van der Waals surface area contributed by atoms with Crippen LogP contribution >= 0.6 is 0 Å². The van der Waals surface area contributed by atoms with Gasteiger partial charge in [-0.3, -0.25) is 4.90 Å². The second-order valence-electron chi connectivity index (χ2n) is 5.63. The van der Waals surface area contributed by atoms with Gasteiger partial charge >= 0.3 is 0 Å². The number of benzene rings is 1. The van der Waals surface area contributed by atoms with Crippen LogP contribution in [0.4, 0.5) is 8.78 Å². The fraction of sp³-hybridized carbons (Fsp3) is 0.600. The van der Waals surface area contributed by atoms with Gasteiger partial charge in [-0.15, -0.1) is 0 Å². The maximum atomic E-state index is 13.7. The number of hydrogen-bond acceptors (Lipinski definition) is 2. The molecule has 1 aliphatic heterocycles. The average Bonchev–Trinajstić information content (AvgIpc) is 2.59. The van der Waals surface area contributed by atoms with Crippen molar-refractivity contribution in [3.8, 4) is 0 Å². The molecule has 0 aromatic heterocycles. The van der Waals surface area contributed by atoms with Crippen LogP contribution in [0.25, 0.3) is 0 Å². The molecule has 4 heteroatoms. The predicted octanol–water partition coefficient (Wildman–Crippen LogP) is 2.78. The largest absolute Gasteiger partial charge is 0.312 e. The lowest BCUT2D eigenvalue weighted by atomic mass is 10.0. The fourth-order valence-corrected chi connectivity index (χ4v) is 2.52. The molecule has 0 aliphatic carbocycles. The van der Waals surface area contributed by atoms with E-state index in [1.807, 2.05) is 0 Å². The van der Waals surface area contributed by atoms with E-state index in [2.05, 4.69) is 24.1 Å². The van der Waals surface area contributed by atoms with Crippen molar-refractivity contribution in [1.29, 1.82) is 0 Å². The Balaban J connectivity index is 2.06. The standard InChI is InChI=1S/C15H22F2N2/c1-11(2)15-10-19(7-3-6-18-15)9-12-8-13(16)4-5-14(12)17/h4-5,8,11,15,18H,3,6-7,9-10H2,1-2H3. The second kappa shape index (κ2) is 6.44. The van der Waals surface area contributed by atoms with Gasteiger partial charge in [-0.25, -0.2) is 8.78 Å². The van der Waals surface area contributed by atoms with Gasteiger partial charge in [0.25, 0.3) is 0 Å². The Morgan fingerprint density at radius 1 is 1.37 bits per heavy atom. The molecule has 1 fully saturated rings. The fourth-order valence-electron chi connectivity index (χ4n) is 2.52. The van der Waals surface area contributed by atoms with Crippen LogP contribution < -0.4 is 5.32 Å². The number of halogens is 2. The van der Waals surface area contributed by atoms with Crippen molar-refractivity contribution in [3.05, 3.63) is 35.4 Å². The Kier molecular flexibility index (Phi) is 4.88. The highest BCUT2D eigenvalue weighted by Crippen LogP contribution is 2.15. The van der Waals surface area contributed by atoms with Gasteiger partial charge in [0, 0.05) is 24.7 Å². The first-order valence-electron chi connectivity index (χ1n) is 6.96. The molecular formula is C15H22F2N2. The third-order valence-corrected chi connectivity index (χ3v) is 3.72. The summed E-state index contributed by atoms with van der Waals surface area (Å²) in [5.74, 6) is -0.151. The van der Waals surface area contributed by atoms with Gasteiger partial charge in [-0.2, -0.15) is 0 Å². The molecule has 1 aliphatic rings. The molecule has 2 nitrogen and oxygen atoms in total. The maximum Gasteiger partial charge on any atom is 0.127 e. The van der Waals surface area contributed by atoms with E-state index in [9.17, 15) is 8.78 Å². The van der Waals surface area contributed by atoms with E-state index >= 15 is 0 Å². The summed E-state index contributed by atoms with van der Waals surface area (Å²) >= 11 is 0. The van der Waals surface area contributed by atoms with Gasteiger partial charge in [0.1, 0.15) is 11.6 Å². The van der Waals surface area contributed by atoms with Gasteiger partial charge in [-0.1, -0.05) is 13.8 Å². The highest BCUT2D eigenvalue weighted by Gasteiger charge is 2.21. The van der Waals surface area contributed by atoms with Crippen LogP contribution in [0.3, 0.4) is 0 Å². The summed E-state index contributed by atoms with van der Waals surface area (Å²) in [4.78, 5) is 2.21. The Morgan fingerprint density at radius 2 is 2.16 bits per heavy atom. The molecule has 0 bridgehead atoms. The van der Waals surface area contributed by atoms with Crippen LogP contribution in [0.5, 0.6) is 0 Å². The zero-order valence-corrected chi connectivity index (χ0v) is 11.6. The number of nitrogens with one attached hydrogen (secondary N) is 1. The van der Waals surface area contributed by atoms with E-state index in [0.717, 1.165) is 26.1 Å². The van der Waals surface area contributed by atoms with E-state index in [0.29, 0.717) is 24.1 Å². The maximum absolute atomic E-state index is 13.7. The number of hydrogen-bond donors (Lipinski definition) is 1. The van der Waals surface area contributed by atoms with E-state index in [1.54, 1.807) is 0 Å². The first kappa shape index (κ1) is 14.4. The first-order valence-corrected chi connectivity index (χ1v) is 6.96. The SMILES string of the molecule is CC(C)C1CN(Cc2cc(F)ccc2F)CCCN1. The third-order valence-electron chi connectivity index (χ3n) is 3.72. The Labute approximate surface area is 113 Å². The number of rotatable bonds is 3. The molecule has 0 spiro atoms. The molecule has 2 rings (SSSR count). The van der Waals surface area contributed by atoms with Crippen molar-refractivity contribution in [1.82, 2.24) is 10.2 Å². The summed E-state index contributed by atoms with van der Waals surface area (Å²) in [6.07, 6.45) is 1.04. The highest BCUT2D eigenvalue weighted by molar-refractivity contribution is 5.18. The predicted molar refractivity (Wildman–Crippen MR) is 72.9 cm³/mol. The molecule has 1 saturated heterocycles. The molecular weight excluding hydrogens is 246 g/mol. The Hall–Kier alpha value is -1.00. The van der Waals surface area contributed by atoms with Crippen molar-refractivity contribution in [2.45, 2.75) is 32.9 Å². The van der Waals surface area contributed by atoms with Crippen LogP contribution in [0.2, 0.25) is 0 Å². The van der Waals surface area contributed by atoms with E-state index < -0.39 is 0 Å². The molecule has 1 aromatic rings. The quantitative estimate of drug-likeness (QED) is 0.907. The minimum absolute atomic E-state index is 0.320. The number of nitrogens with zero attached hydrogens (tertiary/aromatic N) is 1. The summed E-state index contributed by atoms with van der Waals surface area (Å²) in [5, 5.41) is 3.51. The zero-order chi connectivity index (χ0) is 13.8. The van der Waals surface area contributed by atoms with Crippen molar-refractivity contribution < 1.29 is 8.78 Å². The summed E-state index contributed by atoms with van der Waals surface area (Å²) in [6.45, 7) is 7.65. The van der Waals surface area contributed by atoms with E-state index in [4.69, 9.17) is 0 Å². The zero-order valence-electron chi connectivity index (χ0n) is 11.6. The molecule has 1 N–H and O–H groups in total. The van der Waals surface area contributed by atoms with E-state index in [-0.39, 0.29) is 11.6 Å². The van der Waals surface area contributed by atoms with Crippen LogP contribution in [-0.4, -0.2) is 30.6 Å². The monoisotopic (exact) mass is 268 g/mol. The molecule has 19 heavy (non-hydrogen) atoms. The third kappa shape index (κ3) is 3.98. The van der Waals surface area contributed by atoms with Crippen molar-refractivity contribution in [3.63, 3.8) is 0 Å². The topological polar surface area (TPSA) is 15.3 Å². The highest BCUT2D eigenvalue weighted by atomic mass is 19.1. The Bertz CT molecular complexity index is 421. The Morgan fingerprint density at radius 3 is 2.89 bits per heavy atom. The minimum atomic E-state index is -0.371. The average molecular weight is 268 g/mol. The summed E-state index contributed by atoms with van der Waals surface area (Å²) in [6, 6.07) is 4.09. The van der Waals surface area contributed by atoms with Crippen molar-refractivity contribution in [2.75, 3.05) is 19.6 Å². The smallest absolute Gasteiger partial charge is 0.127 e. The van der Waals surface area contributed by atoms with Gasteiger partial charge in [0.2, 0.25) is 0 Å². The van der Waals surface area contributed by atoms with Crippen LogP contribution in [-0.2, 0) is 6.54 Å². The van der Waals surface area contributed by atoms with Crippen molar-refractivity contribution in [2.24, 2.45) is 5.92 Å². The second-order valence-corrected chi connectivity index (χ2v) is 5.63. The summed E-state index contributed by atoms with van der Waals surface area (Å²) in [7, 11) is 0. The van der Waals surface area contributed by atoms with Gasteiger partial charge in [0.05, 0.1) is 0 Å². The van der Waals surface area contributed by atoms with Crippen LogP contribution in [0.1, 0.15) is 25.8 Å². The molecule has 1 unspecified atom stereocenters. The summed E-state index contributed by atoms with van der Waals surface area (Å²) in [5.41, 5.74) is 0.449. The minimum Gasteiger partial charge on any atom is -0.312 e. The molecule has 106 valence electrons. The molecule has 1 aromatic carbocycles. The van der Waals surface area contributed by atoms with Gasteiger partial charge in [0.15, 0.2) is 0 Å². The molecule has 1 heterocycles. The molecule has 1 atom stereocenters. The lowest BCUT2D eigenvalue weighted by molar-refractivity contribution is 0.235. The summed E-state index contributed by atoms with van der Waals surface area (Å²) < 4.78 is 26.9. The van der Waals surface area contributed by atoms with Crippen molar-refractivity contribution >= 4 is 0 Å².